The third kappa shape index (κ3) is 2.68. The van der Waals surface area contributed by atoms with Crippen LogP contribution >= 0.6 is 0 Å². The zero-order valence-corrected chi connectivity index (χ0v) is 18.8. The molecule has 1 saturated carbocycles. The van der Waals surface area contributed by atoms with E-state index in [1.54, 1.807) is 12.4 Å². The van der Waals surface area contributed by atoms with Crippen LogP contribution in [0.4, 0.5) is 14.7 Å². The maximum atomic E-state index is 14.5. The highest BCUT2D eigenvalue weighted by atomic mass is 19.1. The van der Waals surface area contributed by atoms with E-state index in [0.29, 0.717) is 0 Å². The molecule has 1 fully saturated rings. The lowest BCUT2D eigenvalue weighted by molar-refractivity contribution is 0.243. The lowest BCUT2D eigenvalue weighted by atomic mass is 9.66. The van der Waals surface area contributed by atoms with Gasteiger partial charge in [0.15, 0.2) is 0 Å². The van der Waals surface area contributed by atoms with Crippen molar-refractivity contribution < 1.29 is 8.78 Å². The van der Waals surface area contributed by atoms with Gasteiger partial charge in [0.2, 0.25) is 5.95 Å². The molecule has 4 aromatic rings. The summed E-state index contributed by atoms with van der Waals surface area (Å²) >= 11 is 0. The van der Waals surface area contributed by atoms with Gasteiger partial charge in [-0.15, -0.1) is 5.10 Å². The predicted octanol–water partition coefficient (Wildman–Crippen LogP) is 5.06. The number of benzene rings is 1. The van der Waals surface area contributed by atoms with Crippen molar-refractivity contribution in [3.8, 4) is 22.5 Å². The highest BCUT2D eigenvalue weighted by Gasteiger charge is 2.65. The Morgan fingerprint density at radius 3 is 2.38 bits per heavy atom. The van der Waals surface area contributed by atoms with Gasteiger partial charge in [0, 0.05) is 18.0 Å². The first-order chi connectivity index (χ1) is 16.3. The Morgan fingerprint density at radius 1 is 0.941 bits per heavy atom. The lowest BCUT2D eigenvalue weighted by Crippen LogP contribution is -2.37. The molecule has 0 aliphatic heterocycles. The summed E-state index contributed by atoms with van der Waals surface area (Å²) in [4.78, 5) is 13.2. The number of anilines is 1. The lowest BCUT2D eigenvalue weighted by Gasteiger charge is -2.37. The van der Waals surface area contributed by atoms with E-state index in [9.17, 15) is 8.78 Å². The number of rotatable bonds is 3. The van der Waals surface area contributed by atoms with E-state index in [1.807, 2.05) is 24.3 Å². The zero-order chi connectivity index (χ0) is 23.7. The second-order valence-corrected chi connectivity index (χ2v) is 9.59. The number of aromatic nitrogens is 5. The topological polar surface area (TPSA) is 90.5 Å². The van der Waals surface area contributed by atoms with Crippen LogP contribution in [0, 0.1) is 17.0 Å². The molecule has 0 unspecified atom stereocenters. The fourth-order valence-electron chi connectivity index (χ4n) is 6.06. The van der Waals surface area contributed by atoms with Crippen LogP contribution in [0.15, 0.2) is 54.9 Å². The van der Waals surface area contributed by atoms with Gasteiger partial charge >= 0.3 is 0 Å². The smallest absolute Gasteiger partial charge is 0.219 e. The van der Waals surface area contributed by atoms with Crippen molar-refractivity contribution in [1.29, 1.82) is 0 Å². The Bertz CT molecular complexity index is 1420. The monoisotopic (exact) mass is 456 g/mol. The number of fused-ring (bicyclic) bond motifs is 5. The first-order valence-electron chi connectivity index (χ1n) is 11.2. The standard InChI is InChI=1S/C26H22F2N6/c1-25(2)16-9-10-26(25,21-8-4-7-19(32-21)14-12-30-24(29)31-13-14)23-15(16)11-20(33-34-23)22-17(27)5-3-6-18(22)28/h3-8,11-13,16H,9-10H2,1-2H3,(H2,29,30,31)/t16-,26+/m0/s1. The first kappa shape index (κ1) is 20.8. The Labute approximate surface area is 195 Å². The minimum Gasteiger partial charge on any atom is -0.368 e. The summed E-state index contributed by atoms with van der Waals surface area (Å²) in [6, 6.07) is 11.5. The summed E-state index contributed by atoms with van der Waals surface area (Å²) < 4.78 is 28.9. The molecule has 0 amide bonds. The van der Waals surface area contributed by atoms with Gasteiger partial charge in [-0.3, -0.25) is 4.98 Å². The second-order valence-electron chi connectivity index (χ2n) is 9.59. The van der Waals surface area contributed by atoms with Crippen LogP contribution in [-0.2, 0) is 5.41 Å². The maximum absolute atomic E-state index is 14.5. The molecule has 2 atom stereocenters. The highest BCUT2D eigenvalue weighted by Crippen LogP contribution is 2.69. The number of halogens is 2. The van der Waals surface area contributed by atoms with Crippen LogP contribution in [0.3, 0.4) is 0 Å². The molecule has 3 aromatic heterocycles. The van der Waals surface area contributed by atoms with Gasteiger partial charge in [-0.25, -0.2) is 18.7 Å². The molecule has 0 radical (unpaired) electrons. The van der Waals surface area contributed by atoms with Crippen molar-refractivity contribution >= 4 is 5.95 Å². The largest absolute Gasteiger partial charge is 0.368 e. The molecule has 2 aliphatic rings. The van der Waals surface area contributed by atoms with Crippen molar-refractivity contribution in [1.82, 2.24) is 25.1 Å². The third-order valence-corrected chi connectivity index (χ3v) is 7.76. The minimum absolute atomic E-state index is 0.143. The number of nitrogen functional groups attached to an aromatic ring is 1. The molecule has 170 valence electrons. The molecular weight excluding hydrogens is 434 g/mol. The van der Waals surface area contributed by atoms with Crippen LogP contribution in [-0.4, -0.2) is 25.1 Å². The third-order valence-electron chi connectivity index (χ3n) is 7.76. The molecule has 3 heterocycles. The van der Waals surface area contributed by atoms with E-state index in [1.165, 1.54) is 18.2 Å². The number of nitrogens with two attached hydrogens (primary N) is 1. The van der Waals surface area contributed by atoms with E-state index in [4.69, 9.17) is 10.7 Å². The SMILES string of the molecule is CC1(C)[C@H]2CC[C@@]1(c1cccc(-c3cnc(N)nc3)n1)c1nnc(-c3c(F)cccc3F)cc12. The van der Waals surface area contributed by atoms with Gasteiger partial charge in [-0.05, 0) is 60.1 Å². The Balaban J connectivity index is 1.51. The number of hydrogen-bond donors (Lipinski definition) is 1. The van der Waals surface area contributed by atoms with Crippen molar-refractivity contribution in [3.63, 3.8) is 0 Å². The summed E-state index contributed by atoms with van der Waals surface area (Å²) in [6.45, 7) is 4.44. The van der Waals surface area contributed by atoms with Crippen LogP contribution < -0.4 is 5.73 Å². The summed E-state index contributed by atoms with van der Waals surface area (Å²) in [6.07, 6.45) is 5.12. The molecular formula is C26H22F2N6. The van der Waals surface area contributed by atoms with Gasteiger partial charge in [-0.2, -0.15) is 5.10 Å². The number of pyridine rings is 1. The summed E-state index contributed by atoms with van der Waals surface area (Å²) in [5.41, 5.74) is 9.29. The van der Waals surface area contributed by atoms with E-state index in [0.717, 1.165) is 41.1 Å². The second kappa shape index (κ2) is 7.09. The zero-order valence-electron chi connectivity index (χ0n) is 18.8. The Kier molecular flexibility index (Phi) is 4.33. The normalized spacial score (nSPS) is 22.1. The predicted molar refractivity (Wildman–Crippen MR) is 124 cm³/mol. The van der Waals surface area contributed by atoms with Crippen molar-refractivity contribution in [3.05, 3.63) is 83.4 Å². The minimum atomic E-state index is -0.647. The molecule has 1 aromatic carbocycles. The molecule has 6 rings (SSSR count). The van der Waals surface area contributed by atoms with Crippen molar-refractivity contribution in [2.75, 3.05) is 5.73 Å². The van der Waals surface area contributed by atoms with E-state index >= 15 is 0 Å². The van der Waals surface area contributed by atoms with Crippen molar-refractivity contribution in [2.45, 2.75) is 38.0 Å². The van der Waals surface area contributed by atoms with E-state index in [-0.39, 0.29) is 28.5 Å². The molecule has 0 saturated heterocycles. The maximum Gasteiger partial charge on any atom is 0.219 e. The highest BCUT2D eigenvalue weighted by molar-refractivity contribution is 5.65. The molecule has 8 heteroatoms. The van der Waals surface area contributed by atoms with Gasteiger partial charge in [0.05, 0.1) is 33.8 Å². The Hall–Kier alpha value is -3.81. The Morgan fingerprint density at radius 2 is 1.65 bits per heavy atom. The average Bonchev–Trinajstić information content (AvgIpc) is 3.21. The van der Waals surface area contributed by atoms with Crippen LogP contribution in [0.25, 0.3) is 22.5 Å². The van der Waals surface area contributed by atoms with Gasteiger partial charge in [0.1, 0.15) is 11.6 Å². The summed E-state index contributed by atoms with van der Waals surface area (Å²) in [5.74, 6) is -0.907. The van der Waals surface area contributed by atoms with Crippen LogP contribution in [0.1, 0.15) is 49.6 Å². The molecule has 34 heavy (non-hydrogen) atoms. The fraction of sp³-hybridized carbons (Fsp3) is 0.269. The van der Waals surface area contributed by atoms with Gasteiger partial charge < -0.3 is 5.73 Å². The van der Waals surface area contributed by atoms with Crippen LogP contribution in [0.2, 0.25) is 0 Å². The fourth-order valence-corrected chi connectivity index (χ4v) is 6.06. The summed E-state index contributed by atoms with van der Waals surface area (Å²) in [5, 5.41) is 8.89. The number of nitrogens with zero attached hydrogens (tertiary/aromatic N) is 5. The molecule has 6 nitrogen and oxygen atoms in total. The first-order valence-corrected chi connectivity index (χ1v) is 11.2. The quantitative estimate of drug-likeness (QED) is 0.463. The molecule has 2 N–H and O–H groups in total. The van der Waals surface area contributed by atoms with Gasteiger partial charge in [0.25, 0.3) is 0 Å². The number of hydrogen-bond acceptors (Lipinski definition) is 6. The van der Waals surface area contributed by atoms with Crippen molar-refractivity contribution in [2.24, 2.45) is 5.41 Å². The summed E-state index contributed by atoms with van der Waals surface area (Å²) in [7, 11) is 0. The molecule has 0 spiro atoms. The average molecular weight is 457 g/mol. The van der Waals surface area contributed by atoms with Crippen LogP contribution in [0.5, 0.6) is 0 Å². The van der Waals surface area contributed by atoms with E-state index in [2.05, 4.69) is 34.0 Å². The molecule has 2 aliphatic carbocycles. The van der Waals surface area contributed by atoms with Gasteiger partial charge in [-0.1, -0.05) is 26.0 Å². The van der Waals surface area contributed by atoms with E-state index < -0.39 is 17.0 Å². The molecule has 2 bridgehead atoms.